The second kappa shape index (κ2) is 7.04. The van der Waals surface area contributed by atoms with E-state index in [0.29, 0.717) is 12.1 Å². The first-order valence-electron chi connectivity index (χ1n) is 9.06. The van der Waals surface area contributed by atoms with Crippen molar-refractivity contribution in [2.45, 2.75) is 36.3 Å². The molecule has 2 aliphatic rings. The highest BCUT2D eigenvalue weighted by molar-refractivity contribution is 7.94. The number of piperidine rings is 1. The molecule has 1 aromatic heterocycles. The van der Waals surface area contributed by atoms with Gasteiger partial charge in [0.1, 0.15) is 4.21 Å². The zero-order valence-electron chi connectivity index (χ0n) is 14.6. The van der Waals surface area contributed by atoms with Crippen LogP contribution in [-0.4, -0.2) is 38.9 Å². The third kappa shape index (κ3) is 3.14. The largest absolute Gasteiger partial charge is 0.339 e. The number of aryl methyl sites for hydroxylation is 1. The highest BCUT2D eigenvalue weighted by Crippen LogP contribution is 2.34. The summed E-state index contributed by atoms with van der Waals surface area (Å²) in [5.41, 5.74) is 2.31. The average molecular weight is 391 g/mol. The molecule has 5 nitrogen and oxygen atoms in total. The summed E-state index contributed by atoms with van der Waals surface area (Å²) in [7, 11) is -3.64. The van der Waals surface area contributed by atoms with Crippen LogP contribution in [0.4, 0.5) is 5.69 Å². The Labute approximate surface area is 158 Å². The molecule has 0 atom stereocenters. The van der Waals surface area contributed by atoms with E-state index in [1.807, 2.05) is 29.2 Å². The molecule has 0 aliphatic carbocycles. The highest BCUT2D eigenvalue weighted by atomic mass is 32.2. The molecule has 2 aliphatic heterocycles. The number of para-hydroxylation sites is 1. The fraction of sp³-hybridized carbons (Fsp3) is 0.421. The summed E-state index contributed by atoms with van der Waals surface area (Å²) in [6.07, 6.45) is 4.89. The van der Waals surface area contributed by atoms with Crippen LogP contribution in [0.5, 0.6) is 0 Å². The number of carbonyl (C=O) groups excluding carboxylic acids is 1. The van der Waals surface area contributed by atoms with Gasteiger partial charge in [-0.1, -0.05) is 18.2 Å². The van der Waals surface area contributed by atoms with Crippen LogP contribution in [0.3, 0.4) is 0 Å². The minimum absolute atomic E-state index is 0.0542. The Bertz CT molecular complexity index is 914. The van der Waals surface area contributed by atoms with Crippen molar-refractivity contribution in [3.63, 3.8) is 0 Å². The van der Waals surface area contributed by atoms with Crippen molar-refractivity contribution in [1.82, 2.24) is 4.90 Å². The first-order chi connectivity index (χ1) is 12.6. The van der Waals surface area contributed by atoms with Gasteiger partial charge < -0.3 is 4.90 Å². The molecule has 0 radical (unpaired) electrons. The van der Waals surface area contributed by atoms with Gasteiger partial charge in [0, 0.05) is 25.0 Å². The SMILES string of the molecule is O=C(c1csc(S(=O)(=O)N2CCCc3ccccc32)c1)N1CCCCC1. The predicted octanol–water partition coefficient (Wildman–Crippen LogP) is 3.52. The summed E-state index contributed by atoms with van der Waals surface area (Å²) in [6, 6.07) is 9.20. The molecule has 0 bridgehead atoms. The number of fused-ring (bicyclic) bond motifs is 1. The lowest BCUT2D eigenvalue weighted by molar-refractivity contribution is 0.0725. The van der Waals surface area contributed by atoms with Crippen molar-refractivity contribution in [1.29, 1.82) is 0 Å². The van der Waals surface area contributed by atoms with Gasteiger partial charge in [-0.05, 0) is 49.8 Å². The van der Waals surface area contributed by atoms with Crippen LogP contribution in [-0.2, 0) is 16.4 Å². The van der Waals surface area contributed by atoms with E-state index < -0.39 is 10.0 Å². The van der Waals surface area contributed by atoms with Crippen molar-refractivity contribution < 1.29 is 13.2 Å². The Kier molecular flexibility index (Phi) is 4.75. The van der Waals surface area contributed by atoms with Gasteiger partial charge in [0.05, 0.1) is 11.3 Å². The van der Waals surface area contributed by atoms with E-state index in [2.05, 4.69) is 0 Å². The first-order valence-corrected chi connectivity index (χ1v) is 11.4. The Morgan fingerprint density at radius 1 is 1.00 bits per heavy atom. The van der Waals surface area contributed by atoms with Crippen molar-refractivity contribution in [2.24, 2.45) is 0 Å². The van der Waals surface area contributed by atoms with Crippen LogP contribution in [0.2, 0.25) is 0 Å². The molecule has 0 saturated carbocycles. The first kappa shape index (κ1) is 17.5. The number of sulfonamides is 1. The molecule has 26 heavy (non-hydrogen) atoms. The molecular weight excluding hydrogens is 368 g/mol. The molecule has 7 heteroatoms. The summed E-state index contributed by atoms with van der Waals surface area (Å²) in [4.78, 5) is 14.5. The number of nitrogens with zero attached hydrogens (tertiary/aromatic N) is 2. The molecule has 1 aromatic carbocycles. The number of hydrogen-bond acceptors (Lipinski definition) is 4. The molecule has 4 rings (SSSR count). The number of carbonyl (C=O) groups is 1. The van der Waals surface area contributed by atoms with Gasteiger partial charge in [-0.25, -0.2) is 8.42 Å². The number of hydrogen-bond donors (Lipinski definition) is 0. The molecule has 138 valence electrons. The quantitative estimate of drug-likeness (QED) is 0.806. The van der Waals surface area contributed by atoms with Crippen LogP contribution >= 0.6 is 11.3 Å². The van der Waals surface area contributed by atoms with E-state index in [1.165, 1.54) is 4.31 Å². The lowest BCUT2D eigenvalue weighted by Gasteiger charge is -2.29. The van der Waals surface area contributed by atoms with E-state index in [4.69, 9.17) is 0 Å². The number of thiophene rings is 1. The Balaban J connectivity index is 1.62. The highest BCUT2D eigenvalue weighted by Gasteiger charge is 2.31. The molecular formula is C19H22N2O3S2. The second-order valence-electron chi connectivity index (χ2n) is 6.82. The van der Waals surface area contributed by atoms with Crippen LogP contribution in [0.15, 0.2) is 39.9 Å². The number of likely N-dealkylation sites (tertiary alicyclic amines) is 1. The summed E-state index contributed by atoms with van der Waals surface area (Å²) in [5.74, 6) is -0.0542. The van der Waals surface area contributed by atoms with E-state index in [-0.39, 0.29) is 10.1 Å². The van der Waals surface area contributed by atoms with Gasteiger partial charge in [0.25, 0.3) is 15.9 Å². The van der Waals surface area contributed by atoms with Crippen LogP contribution < -0.4 is 4.31 Å². The smallest absolute Gasteiger partial charge is 0.273 e. The topological polar surface area (TPSA) is 57.7 Å². The summed E-state index contributed by atoms with van der Waals surface area (Å²) >= 11 is 1.14. The van der Waals surface area contributed by atoms with Gasteiger partial charge in [-0.3, -0.25) is 9.10 Å². The maximum absolute atomic E-state index is 13.2. The van der Waals surface area contributed by atoms with Crippen LogP contribution in [0.25, 0.3) is 0 Å². The third-order valence-electron chi connectivity index (χ3n) is 5.08. The van der Waals surface area contributed by atoms with Gasteiger partial charge in [0.15, 0.2) is 0 Å². The van der Waals surface area contributed by atoms with E-state index in [9.17, 15) is 13.2 Å². The maximum atomic E-state index is 13.2. The number of rotatable bonds is 3. The van der Waals surface area contributed by atoms with Crippen molar-refractivity contribution >= 4 is 33.0 Å². The van der Waals surface area contributed by atoms with Crippen molar-refractivity contribution in [3.05, 3.63) is 46.8 Å². The number of anilines is 1. The fourth-order valence-electron chi connectivity index (χ4n) is 3.70. The summed E-state index contributed by atoms with van der Waals surface area (Å²) in [6.45, 7) is 2.00. The fourth-order valence-corrected chi connectivity index (χ4v) is 6.51. The molecule has 0 spiro atoms. The second-order valence-corrected chi connectivity index (χ2v) is 9.82. The van der Waals surface area contributed by atoms with Gasteiger partial charge >= 0.3 is 0 Å². The van der Waals surface area contributed by atoms with E-state index >= 15 is 0 Å². The Morgan fingerprint density at radius 2 is 1.77 bits per heavy atom. The van der Waals surface area contributed by atoms with E-state index in [0.717, 1.165) is 67.8 Å². The maximum Gasteiger partial charge on any atom is 0.273 e. The van der Waals surface area contributed by atoms with Gasteiger partial charge in [0.2, 0.25) is 0 Å². The van der Waals surface area contributed by atoms with Crippen molar-refractivity contribution in [2.75, 3.05) is 23.9 Å². The molecule has 2 aromatic rings. The van der Waals surface area contributed by atoms with Crippen LogP contribution in [0, 0.1) is 0 Å². The third-order valence-corrected chi connectivity index (χ3v) is 8.31. The Hall–Kier alpha value is -1.86. The summed E-state index contributed by atoms with van der Waals surface area (Å²) in [5, 5.41) is 1.68. The van der Waals surface area contributed by atoms with Gasteiger partial charge in [-0.2, -0.15) is 0 Å². The molecule has 0 N–H and O–H groups in total. The van der Waals surface area contributed by atoms with Crippen molar-refractivity contribution in [3.8, 4) is 0 Å². The number of benzene rings is 1. The molecule has 1 saturated heterocycles. The van der Waals surface area contributed by atoms with Gasteiger partial charge in [-0.15, -0.1) is 11.3 Å². The lowest BCUT2D eigenvalue weighted by atomic mass is 10.0. The van der Waals surface area contributed by atoms with E-state index in [1.54, 1.807) is 11.4 Å². The monoisotopic (exact) mass is 390 g/mol. The van der Waals surface area contributed by atoms with Crippen LogP contribution in [0.1, 0.15) is 41.6 Å². The Morgan fingerprint density at radius 3 is 2.58 bits per heavy atom. The molecule has 1 fully saturated rings. The standard InChI is InChI=1S/C19H22N2O3S2/c22-19(20-10-4-1-5-11-20)16-13-18(25-14-16)26(23,24)21-12-6-8-15-7-2-3-9-17(15)21/h2-3,7,9,13-14H,1,4-6,8,10-12H2. The zero-order chi connectivity index (χ0) is 18.1. The minimum Gasteiger partial charge on any atom is -0.339 e. The molecule has 3 heterocycles. The number of amides is 1. The zero-order valence-corrected chi connectivity index (χ0v) is 16.2. The average Bonchev–Trinajstić information content (AvgIpc) is 3.18. The lowest BCUT2D eigenvalue weighted by Crippen LogP contribution is -2.36. The minimum atomic E-state index is -3.64. The predicted molar refractivity (Wildman–Crippen MR) is 103 cm³/mol. The molecule has 0 unspecified atom stereocenters. The normalized spacial score (nSPS) is 17.8. The summed E-state index contributed by atoms with van der Waals surface area (Å²) < 4.78 is 28.1. The molecule has 1 amide bonds.